The Kier molecular flexibility index (Phi) is 6.66. The molecule has 2 aliphatic rings. The number of likely N-dealkylation sites (tertiary alicyclic amines) is 1. The van der Waals surface area contributed by atoms with Crippen molar-refractivity contribution in [1.82, 2.24) is 14.5 Å². The molecule has 1 N–H and O–H groups in total. The van der Waals surface area contributed by atoms with E-state index in [1.165, 1.54) is 22.7 Å². The number of furan rings is 1. The summed E-state index contributed by atoms with van der Waals surface area (Å²) in [5.41, 5.74) is 0.421. The Morgan fingerprint density at radius 2 is 1.75 bits per heavy atom. The van der Waals surface area contributed by atoms with E-state index >= 15 is 0 Å². The molecule has 0 aliphatic carbocycles. The summed E-state index contributed by atoms with van der Waals surface area (Å²) < 4.78 is 32.5. The third kappa shape index (κ3) is 4.88. The van der Waals surface area contributed by atoms with Gasteiger partial charge in [0.1, 0.15) is 0 Å². The Balaban J connectivity index is 1.32. The zero-order valence-electron chi connectivity index (χ0n) is 18.2. The highest BCUT2D eigenvalue weighted by Crippen LogP contribution is 2.24. The Bertz CT molecular complexity index is 1040. The van der Waals surface area contributed by atoms with Crippen molar-refractivity contribution >= 4 is 21.8 Å². The molecule has 172 valence electrons. The van der Waals surface area contributed by atoms with Crippen molar-refractivity contribution in [3.8, 4) is 0 Å². The van der Waals surface area contributed by atoms with Crippen molar-refractivity contribution in [3.05, 3.63) is 54.0 Å². The second-order valence-electron chi connectivity index (χ2n) is 8.65. The normalized spacial score (nSPS) is 20.8. The lowest BCUT2D eigenvalue weighted by atomic mass is 10.0. The van der Waals surface area contributed by atoms with Crippen LogP contribution in [0, 0.1) is 5.92 Å². The number of benzene rings is 1. The molecule has 32 heavy (non-hydrogen) atoms. The molecule has 2 fully saturated rings. The third-order valence-electron chi connectivity index (χ3n) is 6.22. The molecule has 2 saturated heterocycles. The number of nitrogens with zero attached hydrogens (tertiary/aromatic N) is 2. The highest BCUT2D eigenvalue weighted by atomic mass is 32.2. The van der Waals surface area contributed by atoms with Crippen molar-refractivity contribution in [1.29, 1.82) is 0 Å². The number of carbonyl (C=O) groups excluding carboxylic acids is 2. The van der Waals surface area contributed by atoms with Crippen LogP contribution in [0.3, 0.4) is 0 Å². The molecule has 1 aromatic heterocycles. The standard InChI is InChI=1S/C23H29N3O5S/c1-17-4-2-12-26(16-17)32(29,30)20-8-6-18(7-9-20)22(27)24-19-10-13-25(14-11-19)23(28)21-5-3-15-31-21/h3,5-9,15,17,19H,2,4,10-14,16H2,1H3,(H,24,27)/t17-/m0/s1. The Hall–Kier alpha value is -2.65. The molecule has 0 saturated carbocycles. The van der Waals surface area contributed by atoms with Crippen LogP contribution in [-0.2, 0) is 10.0 Å². The van der Waals surface area contributed by atoms with Gasteiger partial charge in [0, 0.05) is 37.8 Å². The SMILES string of the molecule is C[C@H]1CCCN(S(=O)(=O)c2ccc(C(=O)NC3CCN(C(=O)c4ccco4)CC3)cc2)C1. The number of nitrogens with one attached hydrogen (secondary N) is 1. The van der Waals surface area contributed by atoms with E-state index in [2.05, 4.69) is 12.2 Å². The van der Waals surface area contributed by atoms with Gasteiger partial charge in [-0.25, -0.2) is 8.42 Å². The number of piperidine rings is 2. The molecular weight excluding hydrogens is 430 g/mol. The van der Waals surface area contributed by atoms with Crippen LogP contribution in [0.2, 0.25) is 0 Å². The van der Waals surface area contributed by atoms with Gasteiger partial charge in [-0.15, -0.1) is 0 Å². The van der Waals surface area contributed by atoms with Gasteiger partial charge in [-0.05, 0) is 68.0 Å². The molecule has 0 radical (unpaired) electrons. The van der Waals surface area contributed by atoms with Crippen molar-refractivity contribution < 1.29 is 22.4 Å². The average molecular weight is 460 g/mol. The second-order valence-corrected chi connectivity index (χ2v) is 10.6. The van der Waals surface area contributed by atoms with Gasteiger partial charge in [0.15, 0.2) is 5.76 Å². The van der Waals surface area contributed by atoms with E-state index in [0.717, 1.165) is 12.8 Å². The summed E-state index contributed by atoms with van der Waals surface area (Å²) >= 11 is 0. The Morgan fingerprint density at radius 1 is 1.03 bits per heavy atom. The van der Waals surface area contributed by atoms with Crippen molar-refractivity contribution in [3.63, 3.8) is 0 Å². The van der Waals surface area contributed by atoms with Crippen LogP contribution in [0.4, 0.5) is 0 Å². The van der Waals surface area contributed by atoms with Crippen LogP contribution in [-0.4, -0.2) is 61.7 Å². The number of hydrogen-bond acceptors (Lipinski definition) is 5. The lowest BCUT2D eigenvalue weighted by Gasteiger charge is -2.32. The van der Waals surface area contributed by atoms with E-state index in [1.807, 2.05) is 0 Å². The van der Waals surface area contributed by atoms with Crippen LogP contribution in [0.5, 0.6) is 0 Å². The van der Waals surface area contributed by atoms with Gasteiger partial charge in [0.25, 0.3) is 11.8 Å². The van der Waals surface area contributed by atoms with Gasteiger partial charge >= 0.3 is 0 Å². The minimum Gasteiger partial charge on any atom is -0.459 e. The Morgan fingerprint density at radius 3 is 2.38 bits per heavy atom. The first-order valence-corrected chi connectivity index (χ1v) is 12.5. The number of hydrogen-bond donors (Lipinski definition) is 1. The smallest absolute Gasteiger partial charge is 0.289 e. The van der Waals surface area contributed by atoms with Gasteiger partial charge in [0.05, 0.1) is 11.2 Å². The van der Waals surface area contributed by atoms with E-state index in [4.69, 9.17) is 4.42 Å². The largest absolute Gasteiger partial charge is 0.459 e. The molecule has 0 bridgehead atoms. The molecule has 4 rings (SSSR count). The number of sulfonamides is 1. The highest BCUT2D eigenvalue weighted by Gasteiger charge is 2.29. The van der Waals surface area contributed by atoms with E-state index in [0.29, 0.717) is 56.3 Å². The van der Waals surface area contributed by atoms with Crippen molar-refractivity contribution in [2.75, 3.05) is 26.2 Å². The third-order valence-corrected chi connectivity index (χ3v) is 8.10. The van der Waals surface area contributed by atoms with E-state index < -0.39 is 10.0 Å². The topological polar surface area (TPSA) is 99.9 Å². The first kappa shape index (κ1) is 22.5. The lowest BCUT2D eigenvalue weighted by Crippen LogP contribution is -2.46. The number of rotatable bonds is 5. The van der Waals surface area contributed by atoms with E-state index in [1.54, 1.807) is 29.2 Å². The maximum Gasteiger partial charge on any atom is 0.289 e. The molecule has 0 spiro atoms. The number of amides is 2. The lowest BCUT2D eigenvalue weighted by molar-refractivity contribution is 0.0667. The summed E-state index contributed by atoms with van der Waals surface area (Å²) in [6, 6.07) is 9.43. The summed E-state index contributed by atoms with van der Waals surface area (Å²) in [5.74, 6) is 0.293. The molecule has 2 aromatic rings. The molecular formula is C23H29N3O5S. The summed E-state index contributed by atoms with van der Waals surface area (Å²) in [6.07, 6.45) is 4.69. The van der Waals surface area contributed by atoms with Crippen molar-refractivity contribution in [2.45, 2.75) is 43.5 Å². The molecule has 8 nitrogen and oxygen atoms in total. The van der Waals surface area contributed by atoms with E-state index in [-0.39, 0.29) is 22.8 Å². The predicted octanol–water partition coefficient (Wildman–Crippen LogP) is 2.73. The fraction of sp³-hybridized carbons (Fsp3) is 0.478. The summed E-state index contributed by atoms with van der Waals surface area (Å²) in [4.78, 5) is 26.9. The summed E-state index contributed by atoms with van der Waals surface area (Å²) in [5, 5.41) is 3.00. The average Bonchev–Trinajstić information content (AvgIpc) is 3.34. The van der Waals surface area contributed by atoms with Crippen LogP contribution in [0.1, 0.15) is 53.5 Å². The molecule has 9 heteroatoms. The van der Waals surface area contributed by atoms with Gasteiger partial charge in [-0.2, -0.15) is 4.31 Å². The highest BCUT2D eigenvalue weighted by molar-refractivity contribution is 7.89. The zero-order valence-corrected chi connectivity index (χ0v) is 19.0. The van der Waals surface area contributed by atoms with Crippen molar-refractivity contribution in [2.24, 2.45) is 5.92 Å². The maximum atomic E-state index is 12.9. The molecule has 2 aliphatic heterocycles. The maximum absolute atomic E-state index is 12.9. The van der Waals surface area contributed by atoms with Crippen LogP contribution < -0.4 is 5.32 Å². The van der Waals surface area contributed by atoms with Gasteiger partial charge < -0.3 is 14.6 Å². The fourth-order valence-electron chi connectivity index (χ4n) is 4.34. The molecule has 0 unspecified atom stereocenters. The molecule has 1 atom stereocenters. The first-order chi connectivity index (χ1) is 15.3. The second kappa shape index (κ2) is 9.46. The minimum absolute atomic E-state index is 0.0404. The molecule has 3 heterocycles. The first-order valence-electron chi connectivity index (χ1n) is 11.1. The summed E-state index contributed by atoms with van der Waals surface area (Å²) in [7, 11) is -3.54. The van der Waals surface area contributed by atoms with E-state index in [9.17, 15) is 18.0 Å². The quantitative estimate of drug-likeness (QED) is 0.741. The molecule has 1 aromatic carbocycles. The van der Waals surface area contributed by atoms with Gasteiger partial charge in [-0.1, -0.05) is 6.92 Å². The predicted molar refractivity (Wildman–Crippen MR) is 119 cm³/mol. The monoisotopic (exact) mass is 459 g/mol. The molecule has 2 amide bonds. The number of carbonyl (C=O) groups is 2. The van der Waals surface area contributed by atoms with Crippen LogP contribution in [0.15, 0.2) is 52.0 Å². The minimum atomic E-state index is -3.54. The fourth-order valence-corrected chi connectivity index (χ4v) is 5.94. The van der Waals surface area contributed by atoms with Crippen LogP contribution >= 0.6 is 0 Å². The van der Waals surface area contributed by atoms with Gasteiger partial charge in [-0.3, -0.25) is 9.59 Å². The summed E-state index contributed by atoms with van der Waals surface area (Å²) in [6.45, 7) is 4.21. The van der Waals surface area contributed by atoms with Crippen LogP contribution in [0.25, 0.3) is 0 Å². The zero-order chi connectivity index (χ0) is 22.7. The van der Waals surface area contributed by atoms with Gasteiger partial charge in [0.2, 0.25) is 10.0 Å². The Labute approximate surface area is 188 Å².